The highest BCUT2D eigenvalue weighted by Crippen LogP contribution is 2.23. The Morgan fingerprint density at radius 2 is 2.00 bits per heavy atom. The summed E-state index contributed by atoms with van der Waals surface area (Å²) >= 11 is 0. The van der Waals surface area contributed by atoms with Gasteiger partial charge in [-0.25, -0.2) is 22.3 Å². The molecule has 1 amide bonds. The number of primary sulfonamides is 1. The van der Waals surface area contributed by atoms with E-state index in [4.69, 9.17) is 5.14 Å². The van der Waals surface area contributed by atoms with Crippen molar-refractivity contribution in [2.24, 2.45) is 11.1 Å². The number of hydrogen-bond acceptors (Lipinski definition) is 3. The largest absolute Gasteiger partial charge is 0.338 e. The Labute approximate surface area is 115 Å². The predicted octanol–water partition coefficient (Wildman–Crippen LogP) is 1.09. The molecule has 0 bridgehead atoms. The number of benzene rings is 1. The maximum atomic E-state index is 13.7. The average molecular weight is 304 g/mol. The molecule has 0 radical (unpaired) electrons. The molecule has 1 aromatic rings. The van der Waals surface area contributed by atoms with Crippen LogP contribution >= 0.6 is 0 Å². The summed E-state index contributed by atoms with van der Waals surface area (Å²) in [6.07, 6.45) is 0.788. The van der Waals surface area contributed by atoms with Crippen molar-refractivity contribution >= 4 is 15.9 Å². The molecular formula is C12H14F2N2O3S. The normalized spacial score (nSPS) is 19.4. The first-order valence-corrected chi connectivity index (χ1v) is 7.56. The Morgan fingerprint density at radius 1 is 1.35 bits per heavy atom. The van der Waals surface area contributed by atoms with Crippen LogP contribution in [0.2, 0.25) is 0 Å². The van der Waals surface area contributed by atoms with Crippen LogP contribution in [0.25, 0.3) is 0 Å². The number of nitrogens with zero attached hydrogens (tertiary/aromatic N) is 1. The average Bonchev–Trinajstić information content (AvgIpc) is 2.73. The molecule has 2 rings (SSSR count). The third-order valence-corrected chi connectivity index (χ3v) is 4.20. The first-order valence-electron chi connectivity index (χ1n) is 6.01. The number of nitrogens with two attached hydrogens (primary N) is 1. The highest BCUT2D eigenvalue weighted by Gasteiger charge is 2.28. The molecule has 0 saturated carbocycles. The Hall–Kier alpha value is -1.54. The van der Waals surface area contributed by atoms with Gasteiger partial charge in [0.2, 0.25) is 10.0 Å². The number of halogens is 2. The SMILES string of the molecule is CC1CCN(C(=O)c2cc(S(N)(=O)=O)c(F)cc2F)C1. The zero-order valence-electron chi connectivity index (χ0n) is 10.8. The highest BCUT2D eigenvalue weighted by molar-refractivity contribution is 7.89. The molecule has 1 saturated heterocycles. The van der Waals surface area contributed by atoms with Gasteiger partial charge in [-0.05, 0) is 18.4 Å². The van der Waals surface area contributed by atoms with Gasteiger partial charge in [-0.15, -0.1) is 0 Å². The summed E-state index contributed by atoms with van der Waals surface area (Å²) in [4.78, 5) is 12.7. The third kappa shape index (κ3) is 2.80. The minimum absolute atomic E-state index is 0.292. The molecule has 1 atom stereocenters. The Bertz CT molecular complexity index is 661. The summed E-state index contributed by atoms with van der Waals surface area (Å²) in [5.74, 6) is -2.77. The van der Waals surface area contributed by atoms with Gasteiger partial charge in [0.15, 0.2) is 0 Å². The second-order valence-corrected chi connectivity index (χ2v) is 6.48. The molecule has 20 heavy (non-hydrogen) atoms. The van der Waals surface area contributed by atoms with Gasteiger partial charge in [0.05, 0.1) is 5.56 Å². The second kappa shape index (κ2) is 5.10. The van der Waals surface area contributed by atoms with Crippen LogP contribution in [0, 0.1) is 17.6 Å². The first-order chi connectivity index (χ1) is 9.20. The Kier molecular flexibility index (Phi) is 3.79. The number of rotatable bonds is 2. The van der Waals surface area contributed by atoms with E-state index in [1.54, 1.807) is 0 Å². The van der Waals surface area contributed by atoms with Crippen molar-refractivity contribution < 1.29 is 22.0 Å². The zero-order valence-corrected chi connectivity index (χ0v) is 11.6. The molecule has 2 N–H and O–H groups in total. The number of hydrogen-bond donors (Lipinski definition) is 1. The third-order valence-electron chi connectivity index (χ3n) is 3.27. The van der Waals surface area contributed by atoms with Gasteiger partial charge in [-0.2, -0.15) is 0 Å². The Balaban J connectivity index is 2.44. The van der Waals surface area contributed by atoms with Crippen LogP contribution in [0.15, 0.2) is 17.0 Å². The lowest BCUT2D eigenvalue weighted by molar-refractivity contribution is 0.0783. The van der Waals surface area contributed by atoms with Crippen LogP contribution < -0.4 is 5.14 Å². The molecule has 1 aliphatic rings. The first kappa shape index (κ1) is 14.9. The number of amides is 1. The maximum absolute atomic E-state index is 13.7. The molecule has 8 heteroatoms. The molecule has 1 aromatic carbocycles. The summed E-state index contributed by atoms with van der Waals surface area (Å²) in [7, 11) is -4.35. The van der Waals surface area contributed by atoms with Crippen LogP contribution in [-0.2, 0) is 10.0 Å². The van der Waals surface area contributed by atoms with E-state index >= 15 is 0 Å². The van der Waals surface area contributed by atoms with Crippen LogP contribution in [-0.4, -0.2) is 32.3 Å². The number of likely N-dealkylation sites (tertiary alicyclic amines) is 1. The summed E-state index contributed by atoms with van der Waals surface area (Å²) < 4.78 is 49.5. The van der Waals surface area contributed by atoms with Gasteiger partial charge in [0, 0.05) is 19.2 Å². The molecule has 110 valence electrons. The van der Waals surface area contributed by atoms with E-state index in [2.05, 4.69) is 0 Å². The van der Waals surface area contributed by atoms with E-state index in [1.807, 2.05) is 6.92 Å². The summed E-state index contributed by atoms with van der Waals surface area (Å²) in [5, 5.41) is 4.84. The minimum Gasteiger partial charge on any atom is -0.338 e. The number of carbonyl (C=O) groups is 1. The highest BCUT2D eigenvalue weighted by atomic mass is 32.2. The van der Waals surface area contributed by atoms with Crippen molar-refractivity contribution in [3.8, 4) is 0 Å². The molecule has 1 unspecified atom stereocenters. The van der Waals surface area contributed by atoms with E-state index < -0.39 is 38.0 Å². The number of carbonyl (C=O) groups excluding carboxylic acids is 1. The number of sulfonamides is 1. The molecule has 0 spiro atoms. The van der Waals surface area contributed by atoms with Crippen LogP contribution in [0.5, 0.6) is 0 Å². The van der Waals surface area contributed by atoms with Crippen molar-refractivity contribution in [1.29, 1.82) is 0 Å². The fourth-order valence-corrected chi connectivity index (χ4v) is 2.81. The summed E-state index contributed by atoms with van der Waals surface area (Å²) in [6.45, 7) is 2.87. The summed E-state index contributed by atoms with van der Waals surface area (Å²) in [5.41, 5.74) is -0.482. The lowest BCUT2D eigenvalue weighted by atomic mass is 10.1. The predicted molar refractivity (Wildman–Crippen MR) is 67.4 cm³/mol. The standard InChI is InChI=1S/C12H14F2N2O3S/c1-7-2-3-16(6-7)12(17)8-4-11(20(15,18)19)10(14)5-9(8)13/h4-5,7H,2-3,6H2,1H3,(H2,15,18,19). The molecule has 1 aliphatic heterocycles. The summed E-state index contributed by atoms with van der Waals surface area (Å²) in [6, 6.07) is 1.03. The van der Waals surface area contributed by atoms with Crippen LogP contribution in [0.3, 0.4) is 0 Å². The van der Waals surface area contributed by atoms with E-state index in [1.165, 1.54) is 4.90 Å². The van der Waals surface area contributed by atoms with Gasteiger partial charge in [-0.1, -0.05) is 6.92 Å². The van der Waals surface area contributed by atoms with Crippen LogP contribution in [0.1, 0.15) is 23.7 Å². The molecule has 0 aliphatic carbocycles. The monoisotopic (exact) mass is 304 g/mol. The van der Waals surface area contributed by atoms with E-state index in [-0.39, 0.29) is 0 Å². The van der Waals surface area contributed by atoms with Crippen LogP contribution in [0.4, 0.5) is 8.78 Å². The minimum atomic E-state index is -4.35. The quantitative estimate of drug-likeness (QED) is 0.888. The second-order valence-electron chi connectivity index (χ2n) is 4.95. The smallest absolute Gasteiger partial charge is 0.256 e. The Morgan fingerprint density at radius 3 is 2.50 bits per heavy atom. The fourth-order valence-electron chi connectivity index (χ4n) is 2.20. The van der Waals surface area contributed by atoms with E-state index in [0.29, 0.717) is 31.1 Å². The van der Waals surface area contributed by atoms with Crippen molar-refractivity contribution in [2.75, 3.05) is 13.1 Å². The topological polar surface area (TPSA) is 80.5 Å². The van der Waals surface area contributed by atoms with Crippen molar-refractivity contribution in [3.63, 3.8) is 0 Å². The van der Waals surface area contributed by atoms with Crippen molar-refractivity contribution in [2.45, 2.75) is 18.2 Å². The molecule has 1 fully saturated rings. The molecular weight excluding hydrogens is 290 g/mol. The van der Waals surface area contributed by atoms with Crippen molar-refractivity contribution in [3.05, 3.63) is 29.3 Å². The lowest BCUT2D eigenvalue weighted by Crippen LogP contribution is -2.29. The van der Waals surface area contributed by atoms with Gasteiger partial charge in [-0.3, -0.25) is 4.79 Å². The molecule has 1 heterocycles. The molecule has 0 aromatic heterocycles. The van der Waals surface area contributed by atoms with E-state index in [9.17, 15) is 22.0 Å². The van der Waals surface area contributed by atoms with Gasteiger partial charge in [0.1, 0.15) is 16.5 Å². The fraction of sp³-hybridized carbons (Fsp3) is 0.417. The molecule has 5 nitrogen and oxygen atoms in total. The van der Waals surface area contributed by atoms with Gasteiger partial charge >= 0.3 is 0 Å². The van der Waals surface area contributed by atoms with E-state index in [0.717, 1.165) is 6.42 Å². The van der Waals surface area contributed by atoms with Gasteiger partial charge in [0.25, 0.3) is 5.91 Å². The maximum Gasteiger partial charge on any atom is 0.256 e. The zero-order chi connectivity index (χ0) is 15.1. The van der Waals surface area contributed by atoms with Crippen molar-refractivity contribution in [1.82, 2.24) is 4.90 Å². The van der Waals surface area contributed by atoms with Gasteiger partial charge < -0.3 is 4.90 Å². The lowest BCUT2D eigenvalue weighted by Gasteiger charge is -2.17.